The van der Waals surface area contributed by atoms with Crippen LogP contribution in [0.5, 0.6) is 0 Å². The summed E-state index contributed by atoms with van der Waals surface area (Å²) in [4.78, 5) is 97.9. The fraction of sp³-hybridized carbons (Fsp3) is 0.420. The molecule has 143 heavy (non-hydrogen) atoms. The Labute approximate surface area is 840 Å². The fourth-order valence-corrected chi connectivity index (χ4v) is 21.4. The van der Waals surface area contributed by atoms with Gasteiger partial charge in [-0.2, -0.15) is 5.10 Å². The lowest BCUT2D eigenvalue weighted by Crippen LogP contribution is -2.43. The molecular weight excluding hydrogens is 1790 g/mol. The number of nitrogens with one attached hydrogen (secondary N) is 5. The van der Waals surface area contributed by atoms with Crippen molar-refractivity contribution in [2.75, 3.05) is 112 Å². The number of carbonyl (C=O) groups excluding carboxylic acids is 5. The van der Waals surface area contributed by atoms with Crippen LogP contribution in [0.4, 0.5) is 19.3 Å². The Hall–Kier alpha value is -13.6. The molecule has 0 bridgehead atoms. The number of amides is 6. The smallest absolute Gasteiger partial charge is 0.319 e. The molecule has 20 rings (SSSR count). The number of ether oxygens (including phenoxy) is 3. The van der Waals surface area contributed by atoms with Gasteiger partial charge in [0, 0.05) is 204 Å². The standard InChI is InChI=1S/C33H38N4O.C30H33FN4O2.C30H33N3O2.C26H28FN3O3/c1-4-23-8-10-24(11-9-23)25-12-18-37(19-13-25)33(38)27-21-29(28(20-22(27)2)26-6-5-7-26)32-34-30-14-16-36(3)17-15-31(30)35-32;1-4-21-8-10-23(11-9-21)30(31)13-15-35(16-14-30)29(36)24-19-26(25(18-20(24)2)22-6-5-7-22)28-32-27(33-34-28)12-17-37-3;1-4-21-8-10-22(11-9-21)23-12-14-33(15-13-23)30(34)26-17-28(29-31-18-25(32-29)19-35-3)27(16-20(26)2)24-6-5-7-24;1-3-19-5-8-21(9-6-19)26(27)11-13-30(14-12-26)24(31)20-7-4-18(2)23(16-20)29-25(32)28-22-10-15-33-17-22/h1,8-11,20-21,25-26H,5-7,12-19H2,2-3H3,(H,34,35);1,8-11,18-19,22H,5-7,12-17H2,2-3H3,(H,32,33,34);1,8-11,16-18,23-24H,5-7,12-15,19H2,2-3H3,(H,31,32);1,4-9,16,22H,10-15,17H2,2H3,(H2,28,29,32). The first-order valence-electron chi connectivity index (χ1n) is 51.1. The molecule has 740 valence electrons. The SMILES string of the molecule is C#Cc1ccc(C2(F)CCN(C(=O)c3cc(-c4n[nH]c(CCOC)n4)c(C4CCC4)cc3C)CC2)cc1.C#Cc1ccc(C2(F)CCN(C(=O)c3ccc(C)c(NC(=O)NC4CCOC4)c3)CC2)cc1.C#Cc1ccc(C2CCN(C(=O)c3cc(-c4nc5c([nH]4)CCN(C)CC5)c(C4CCC4)cc3C)CC2)cc1.C#Cc1ccc(C2CCN(C(=O)c3cc(-c4ncc(COC)[nH]4)c(C4CCC4)cc3C)CC2)cc1. The monoisotopic (exact) mass is 1920 g/mol. The van der Waals surface area contributed by atoms with Crippen LogP contribution in [0.1, 0.15) is 293 Å². The molecule has 22 nitrogen and oxygen atoms in total. The van der Waals surface area contributed by atoms with Crippen LogP contribution in [0.2, 0.25) is 0 Å². The number of imidazole rings is 2. The molecule has 5 saturated heterocycles. The molecule has 5 N–H and O–H groups in total. The highest BCUT2D eigenvalue weighted by atomic mass is 19.1. The minimum absolute atomic E-state index is 0.00721. The number of rotatable bonds is 21. The average molecular weight is 1920 g/mol. The van der Waals surface area contributed by atoms with Crippen LogP contribution >= 0.6 is 0 Å². The number of piperidine rings is 4. The second-order valence-electron chi connectivity index (χ2n) is 40.3. The summed E-state index contributed by atoms with van der Waals surface area (Å²) >= 11 is 0. The number of hydrogen-bond acceptors (Lipinski definition) is 13. The third kappa shape index (κ3) is 23.5. The molecule has 1 atom stereocenters. The molecule has 3 aromatic heterocycles. The molecule has 6 amide bonds. The van der Waals surface area contributed by atoms with Crippen molar-refractivity contribution in [1.82, 2.24) is 64.9 Å². The van der Waals surface area contributed by atoms with Crippen molar-refractivity contribution >= 4 is 35.3 Å². The molecule has 0 radical (unpaired) electrons. The van der Waals surface area contributed by atoms with Crippen molar-refractivity contribution in [3.63, 3.8) is 0 Å². The molecule has 8 fully saturated rings. The van der Waals surface area contributed by atoms with Gasteiger partial charge in [0.15, 0.2) is 5.82 Å². The number of benzene rings is 8. The summed E-state index contributed by atoms with van der Waals surface area (Å²) in [7, 11) is 5.52. The lowest BCUT2D eigenvalue weighted by Gasteiger charge is -2.37. The summed E-state index contributed by atoms with van der Waals surface area (Å²) in [5, 5.41) is 13.2. The minimum Gasteiger partial charge on any atom is -0.384 e. The van der Waals surface area contributed by atoms with E-state index in [2.05, 4.69) is 145 Å². The van der Waals surface area contributed by atoms with E-state index >= 15 is 8.78 Å². The van der Waals surface area contributed by atoms with E-state index in [-0.39, 0.29) is 61.4 Å². The van der Waals surface area contributed by atoms with Gasteiger partial charge in [-0.15, -0.1) is 25.7 Å². The van der Waals surface area contributed by atoms with Crippen molar-refractivity contribution in [2.24, 2.45) is 0 Å². The summed E-state index contributed by atoms with van der Waals surface area (Å²) in [6.07, 6.45) is 42.7. The number of hydrogen-bond donors (Lipinski definition) is 5. The molecule has 0 spiro atoms. The molecule has 9 aliphatic rings. The first-order valence-corrected chi connectivity index (χ1v) is 51.1. The second-order valence-corrected chi connectivity index (χ2v) is 40.3. The van der Waals surface area contributed by atoms with Crippen LogP contribution in [0, 0.1) is 77.1 Å². The lowest BCUT2D eigenvalue weighted by atomic mass is 9.77. The number of fused-ring (bicyclic) bond motifs is 1. The van der Waals surface area contributed by atoms with Crippen LogP contribution in [0.25, 0.3) is 34.2 Å². The van der Waals surface area contributed by atoms with Crippen LogP contribution in [0.15, 0.2) is 158 Å². The van der Waals surface area contributed by atoms with Gasteiger partial charge in [0.1, 0.15) is 28.8 Å². The van der Waals surface area contributed by atoms with Gasteiger partial charge in [-0.1, -0.05) is 116 Å². The number of aromatic nitrogens is 7. The summed E-state index contributed by atoms with van der Waals surface area (Å²) in [5.41, 5.74) is 21.7. The second kappa shape index (κ2) is 45.8. The Morgan fingerprint density at radius 1 is 0.483 bits per heavy atom. The number of anilines is 1. The topological polar surface area (TPSA) is 252 Å². The Balaban J connectivity index is 0.000000131. The van der Waals surface area contributed by atoms with E-state index in [1.54, 1.807) is 90.7 Å². The molecule has 9 heterocycles. The van der Waals surface area contributed by atoms with E-state index in [0.717, 1.165) is 187 Å². The van der Waals surface area contributed by atoms with Gasteiger partial charge in [-0.3, -0.25) is 24.3 Å². The van der Waals surface area contributed by atoms with E-state index in [1.807, 2.05) is 55.3 Å². The van der Waals surface area contributed by atoms with Gasteiger partial charge >= 0.3 is 6.03 Å². The van der Waals surface area contributed by atoms with E-state index in [1.165, 1.54) is 84.2 Å². The molecule has 8 aromatic carbocycles. The Morgan fingerprint density at radius 2 is 0.930 bits per heavy atom. The molecule has 1 unspecified atom stereocenters. The average Bonchev–Trinajstić information content (AvgIpc) is 1.69. The summed E-state index contributed by atoms with van der Waals surface area (Å²) in [5.74, 6) is 16.2. The van der Waals surface area contributed by atoms with E-state index in [9.17, 15) is 24.0 Å². The zero-order valence-corrected chi connectivity index (χ0v) is 83.6. The number of urea groups is 1. The largest absolute Gasteiger partial charge is 0.384 e. The quantitative estimate of drug-likeness (QED) is 0.0420. The van der Waals surface area contributed by atoms with Crippen molar-refractivity contribution in [1.29, 1.82) is 0 Å². The third-order valence-electron chi connectivity index (χ3n) is 31.1. The Morgan fingerprint density at radius 3 is 1.38 bits per heavy atom. The lowest BCUT2D eigenvalue weighted by molar-refractivity contribution is 0.0412. The van der Waals surface area contributed by atoms with Crippen molar-refractivity contribution in [3.05, 3.63) is 286 Å². The maximum Gasteiger partial charge on any atom is 0.319 e. The maximum atomic E-state index is 15.8. The molecule has 11 aromatic rings. The normalized spacial score (nSPS) is 18.1. The fourth-order valence-electron chi connectivity index (χ4n) is 21.4. The summed E-state index contributed by atoms with van der Waals surface area (Å²) < 4.78 is 47.1. The molecular formula is C119H132F2N14O8. The number of carbonyl (C=O) groups is 5. The summed E-state index contributed by atoms with van der Waals surface area (Å²) in [6.45, 7) is 16.7. The van der Waals surface area contributed by atoms with Crippen LogP contribution < -0.4 is 10.6 Å². The predicted octanol–water partition coefficient (Wildman–Crippen LogP) is 20.8. The Kier molecular flexibility index (Phi) is 32.3. The number of halogens is 2. The van der Waals surface area contributed by atoms with Crippen LogP contribution in [-0.2, 0) is 51.4 Å². The van der Waals surface area contributed by atoms with Gasteiger partial charge in [-0.25, -0.2) is 28.5 Å². The highest BCUT2D eigenvalue weighted by Crippen LogP contribution is 2.48. The van der Waals surface area contributed by atoms with Crippen molar-refractivity contribution < 1.29 is 47.0 Å². The van der Waals surface area contributed by atoms with Gasteiger partial charge in [0.05, 0.1) is 43.4 Å². The Bertz CT molecular complexity index is 6530. The zero-order valence-electron chi connectivity index (χ0n) is 83.6. The van der Waals surface area contributed by atoms with Crippen LogP contribution in [0.3, 0.4) is 0 Å². The van der Waals surface area contributed by atoms with E-state index in [4.69, 9.17) is 49.9 Å². The number of terminal acetylenes is 4. The number of H-pyrrole nitrogens is 3. The van der Waals surface area contributed by atoms with Gasteiger partial charge in [-0.05, 0) is 275 Å². The highest BCUT2D eigenvalue weighted by molar-refractivity contribution is 6.00. The molecule has 24 heteroatoms. The highest BCUT2D eigenvalue weighted by Gasteiger charge is 2.42. The van der Waals surface area contributed by atoms with Crippen LogP contribution in [-0.4, -0.2) is 202 Å². The number of aryl methyl sites for hydroxylation is 4. The number of alkyl halides is 2. The van der Waals surface area contributed by atoms with E-state index < -0.39 is 11.3 Å². The molecule has 3 saturated carbocycles. The van der Waals surface area contributed by atoms with Crippen molar-refractivity contribution in [2.45, 2.75) is 216 Å². The molecule has 6 aliphatic heterocycles. The van der Waals surface area contributed by atoms with Gasteiger partial charge in [0.25, 0.3) is 23.6 Å². The first kappa shape index (κ1) is 101. The summed E-state index contributed by atoms with van der Waals surface area (Å²) in [6, 6.07) is 48.3. The third-order valence-corrected chi connectivity index (χ3v) is 31.1. The number of methoxy groups -OCH3 is 2. The maximum absolute atomic E-state index is 15.8. The number of nitrogens with zero attached hydrogens (tertiary/aromatic N) is 9. The minimum atomic E-state index is -1.48. The first-order chi connectivity index (χ1) is 69.4. The molecule has 3 aliphatic carbocycles. The van der Waals surface area contributed by atoms with E-state index in [0.29, 0.717) is 128 Å². The predicted molar refractivity (Wildman–Crippen MR) is 557 cm³/mol. The number of likely N-dealkylation sites (tertiary alicyclic amines) is 4. The zero-order chi connectivity index (χ0) is 100. The number of likely N-dealkylation sites (N-methyl/N-ethyl adjacent to an activating group) is 1. The van der Waals surface area contributed by atoms with Gasteiger partial charge < -0.3 is 59.3 Å². The van der Waals surface area contributed by atoms with Crippen molar-refractivity contribution in [3.8, 4) is 83.5 Å². The number of aromatic amines is 3. The van der Waals surface area contributed by atoms with Gasteiger partial charge in [0.2, 0.25) is 0 Å².